The van der Waals surface area contributed by atoms with Gasteiger partial charge in [0.15, 0.2) is 5.84 Å². The lowest BCUT2D eigenvalue weighted by Gasteiger charge is -2.09. The average molecular weight is 339 g/mol. The molecule has 0 bridgehead atoms. The van der Waals surface area contributed by atoms with Crippen LogP contribution in [0.3, 0.4) is 0 Å². The molecular formula is C14H12BrFN2O2. The van der Waals surface area contributed by atoms with Gasteiger partial charge in [-0.25, -0.2) is 4.39 Å². The summed E-state index contributed by atoms with van der Waals surface area (Å²) < 4.78 is 20.5. The van der Waals surface area contributed by atoms with Gasteiger partial charge in [0.05, 0.1) is 5.56 Å². The van der Waals surface area contributed by atoms with Crippen molar-refractivity contribution >= 4 is 21.8 Å². The van der Waals surface area contributed by atoms with Gasteiger partial charge in [0.2, 0.25) is 0 Å². The van der Waals surface area contributed by atoms with Crippen LogP contribution in [-0.2, 0) is 6.61 Å². The van der Waals surface area contributed by atoms with E-state index in [1.165, 1.54) is 6.07 Å². The van der Waals surface area contributed by atoms with Gasteiger partial charge in [0, 0.05) is 10.0 Å². The molecule has 0 aliphatic carbocycles. The highest BCUT2D eigenvalue weighted by Crippen LogP contribution is 2.19. The predicted octanol–water partition coefficient (Wildman–Crippen LogP) is 3.26. The quantitative estimate of drug-likeness (QED) is 0.389. The van der Waals surface area contributed by atoms with Gasteiger partial charge in [-0.05, 0) is 30.3 Å². The minimum atomic E-state index is -0.556. The fourth-order valence-electron chi connectivity index (χ4n) is 1.63. The summed E-state index contributed by atoms with van der Waals surface area (Å²) in [6.07, 6.45) is 0. The molecule has 0 aromatic heterocycles. The molecule has 0 atom stereocenters. The third kappa shape index (κ3) is 3.27. The molecule has 0 aliphatic rings. The van der Waals surface area contributed by atoms with Crippen LogP contribution in [0.1, 0.15) is 11.1 Å². The highest BCUT2D eigenvalue weighted by Gasteiger charge is 2.11. The number of oxime groups is 1. The van der Waals surface area contributed by atoms with Gasteiger partial charge in [0.25, 0.3) is 0 Å². The smallest absolute Gasteiger partial charge is 0.173 e. The fraction of sp³-hybridized carbons (Fsp3) is 0.0714. The second-order valence-electron chi connectivity index (χ2n) is 4.01. The van der Waals surface area contributed by atoms with Gasteiger partial charge in [-0.15, -0.1) is 0 Å². The molecule has 0 radical (unpaired) electrons. The lowest BCUT2D eigenvalue weighted by atomic mass is 10.1. The van der Waals surface area contributed by atoms with Crippen molar-refractivity contribution in [2.24, 2.45) is 10.9 Å². The normalized spacial score (nSPS) is 11.4. The summed E-state index contributed by atoms with van der Waals surface area (Å²) in [5.41, 5.74) is 5.78. The van der Waals surface area contributed by atoms with Gasteiger partial charge in [0.1, 0.15) is 18.2 Å². The topological polar surface area (TPSA) is 67.8 Å². The predicted molar refractivity (Wildman–Crippen MR) is 77.4 cm³/mol. The zero-order valence-electron chi connectivity index (χ0n) is 10.4. The monoisotopic (exact) mass is 338 g/mol. The number of nitrogens with two attached hydrogens (primary N) is 1. The van der Waals surface area contributed by atoms with Crippen molar-refractivity contribution in [1.29, 1.82) is 0 Å². The number of nitrogens with zero attached hydrogens (tertiary/aromatic N) is 1. The molecule has 0 amide bonds. The van der Waals surface area contributed by atoms with Gasteiger partial charge < -0.3 is 15.7 Å². The Bertz CT molecular complexity index is 630. The Morgan fingerprint density at radius 2 is 1.95 bits per heavy atom. The molecule has 0 spiro atoms. The average Bonchev–Trinajstić information content (AvgIpc) is 2.47. The molecule has 4 nitrogen and oxygen atoms in total. The molecule has 0 saturated heterocycles. The minimum Gasteiger partial charge on any atom is -0.489 e. The van der Waals surface area contributed by atoms with Crippen LogP contribution in [0, 0.1) is 5.82 Å². The largest absolute Gasteiger partial charge is 0.489 e. The van der Waals surface area contributed by atoms with Crippen LogP contribution in [0.2, 0.25) is 0 Å². The van der Waals surface area contributed by atoms with Crippen LogP contribution in [-0.4, -0.2) is 11.0 Å². The molecule has 2 aromatic carbocycles. The minimum absolute atomic E-state index is 0.0457. The lowest BCUT2D eigenvalue weighted by molar-refractivity contribution is 0.299. The standard InChI is InChI=1S/C14H12BrFN2O2/c15-10-4-6-11(7-5-10)20-8-9-2-1-3-12(13(9)16)14(17)18-19/h1-7,19H,8H2,(H2,17,18). The molecule has 0 fully saturated rings. The van der Waals surface area contributed by atoms with Crippen LogP contribution in [0.25, 0.3) is 0 Å². The van der Waals surface area contributed by atoms with E-state index >= 15 is 0 Å². The molecule has 6 heteroatoms. The maximum atomic E-state index is 14.1. The van der Waals surface area contributed by atoms with Crippen molar-refractivity contribution in [1.82, 2.24) is 0 Å². The SMILES string of the molecule is N/C(=N/O)c1cccc(COc2ccc(Br)cc2)c1F. The van der Waals surface area contributed by atoms with Crippen molar-refractivity contribution in [2.75, 3.05) is 0 Å². The van der Waals surface area contributed by atoms with Gasteiger partial charge in [-0.3, -0.25) is 0 Å². The maximum absolute atomic E-state index is 14.1. The summed E-state index contributed by atoms with van der Waals surface area (Å²) in [6, 6.07) is 11.9. The van der Waals surface area contributed by atoms with Crippen molar-refractivity contribution < 1.29 is 14.3 Å². The lowest BCUT2D eigenvalue weighted by Crippen LogP contribution is -2.16. The molecule has 2 aromatic rings. The molecule has 0 saturated carbocycles. The first kappa shape index (κ1) is 14.3. The van der Waals surface area contributed by atoms with Crippen LogP contribution in [0.15, 0.2) is 52.1 Å². The summed E-state index contributed by atoms with van der Waals surface area (Å²) in [4.78, 5) is 0. The van der Waals surface area contributed by atoms with Crippen LogP contribution < -0.4 is 10.5 Å². The van der Waals surface area contributed by atoms with E-state index in [1.54, 1.807) is 24.3 Å². The van der Waals surface area contributed by atoms with Crippen molar-refractivity contribution in [3.63, 3.8) is 0 Å². The number of ether oxygens (including phenoxy) is 1. The van der Waals surface area contributed by atoms with Crippen LogP contribution in [0.5, 0.6) is 5.75 Å². The van der Waals surface area contributed by atoms with E-state index in [9.17, 15) is 4.39 Å². The number of hydrogen-bond acceptors (Lipinski definition) is 3. The Labute approximate surface area is 123 Å². The van der Waals surface area contributed by atoms with Gasteiger partial charge >= 0.3 is 0 Å². The van der Waals surface area contributed by atoms with Crippen LogP contribution in [0.4, 0.5) is 4.39 Å². The Balaban J connectivity index is 2.16. The van der Waals surface area contributed by atoms with E-state index in [2.05, 4.69) is 21.1 Å². The summed E-state index contributed by atoms with van der Waals surface area (Å²) in [5, 5.41) is 11.4. The molecule has 3 N–H and O–H groups in total. The number of halogens is 2. The molecule has 104 valence electrons. The Hall–Kier alpha value is -2.08. The fourth-order valence-corrected chi connectivity index (χ4v) is 1.90. The van der Waals surface area contributed by atoms with Crippen molar-refractivity contribution in [2.45, 2.75) is 6.61 Å². The Kier molecular flexibility index (Phi) is 4.57. The summed E-state index contributed by atoms with van der Waals surface area (Å²) in [6.45, 7) is 0.0556. The zero-order valence-corrected chi connectivity index (χ0v) is 12.0. The van der Waals surface area contributed by atoms with E-state index in [-0.39, 0.29) is 18.0 Å². The van der Waals surface area contributed by atoms with Crippen molar-refractivity contribution in [3.05, 3.63) is 63.9 Å². The highest BCUT2D eigenvalue weighted by atomic mass is 79.9. The third-order valence-electron chi connectivity index (χ3n) is 2.67. The molecule has 20 heavy (non-hydrogen) atoms. The molecular weight excluding hydrogens is 327 g/mol. The molecule has 0 aliphatic heterocycles. The highest BCUT2D eigenvalue weighted by molar-refractivity contribution is 9.10. The number of hydrogen-bond donors (Lipinski definition) is 2. The first-order valence-electron chi connectivity index (χ1n) is 5.75. The third-order valence-corrected chi connectivity index (χ3v) is 3.20. The van der Waals surface area contributed by atoms with Gasteiger partial charge in [-0.2, -0.15) is 0 Å². The van der Waals surface area contributed by atoms with Crippen molar-refractivity contribution in [3.8, 4) is 5.75 Å². The summed E-state index contributed by atoms with van der Waals surface area (Å²) in [7, 11) is 0. The van der Waals surface area contributed by atoms with Crippen LogP contribution >= 0.6 is 15.9 Å². The number of benzene rings is 2. The number of rotatable bonds is 4. The van der Waals surface area contributed by atoms with E-state index in [0.29, 0.717) is 11.3 Å². The van der Waals surface area contributed by atoms with E-state index < -0.39 is 5.82 Å². The number of amidine groups is 1. The Morgan fingerprint density at radius 3 is 2.60 bits per heavy atom. The first-order chi connectivity index (χ1) is 9.61. The molecule has 0 heterocycles. The Morgan fingerprint density at radius 1 is 1.25 bits per heavy atom. The van der Waals surface area contributed by atoms with E-state index in [0.717, 1.165) is 4.47 Å². The maximum Gasteiger partial charge on any atom is 0.173 e. The summed E-state index contributed by atoms with van der Waals surface area (Å²) in [5.74, 6) is -0.199. The second kappa shape index (κ2) is 6.38. The molecule has 0 unspecified atom stereocenters. The van der Waals surface area contributed by atoms with Gasteiger partial charge in [-0.1, -0.05) is 33.2 Å². The van der Waals surface area contributed by atoms with E-state index in [1.807, 2.05) is 12.1 Å². The summed E-state index contributed by atoms with van der Waals surface area (Å²) >= 11 is 3.32. The first-order valence-corrected chi connectivity index (χ1v) is 6.54. The second-order valence-corrected chi connectivity index (χ2v) is 4.92. The zero-order chi connectivity index (χ0) is 14.5. The molecule has 2 rings (SSSR count). The van der Waals surface area contributed by atoms with E-state index in [4.69, 9.17) is 15.7 Å².